The Bertz CT molecular complexity index is 1920. The van der Waals surface area contributed by atoms with E-state index in [1.807, 2.05) is 110 Å². The summed E-state index contributed by atoms with van der Waals surface area (Å²) in [5, 5.41) is 11.2. The van der Waals surface area contributed by atoms with Crippen molar-refractivity contribution < 1.29 is 33.5 Å². The van der Waals surface area contributed by atoms with E-state index in [-0.39, 0.29) is 6.61 Å². The Balaban J connectivity index is 1.19. The molecule has 1 N–H and O–H groups in total. The zero-order valence-electron chi connectivity index (χ0n) is 29.1. The van der Waals surface area contributed by atoms with Gasteiger partial charge in [0, 0.05) is 5.56 Å². The highest BCUT2D eigenvalue weighted by atomic mass is 16.8. The molecule has 0 radical (unpaired) electrons. The van der Waals surface area contributed by atoms with Gasteiger partial charge in [-0.2, -0.15) is 0 Å². The van der Waals surface area contributed by atoms with Crippen LogP contribution in [0.25, 0.3) is 0 Å². The molecule has 7 heteroatoms. The van der Waals surface area contributed by atoms with Crippen LogP contribution in [0.4, 0.5) is 0 Å². The summed E-state index contributed by atoms with van der Waals surface area (Å²) in [5.74, 6) is -0.505. The zero-order valence-corrected chi connectivity index (χ0v) is 29.1. The van der Waals surface area contributed by atoms with Gasteiger partial charge in [0.1, 0.15) is 24.1 Å². The maximum Gasteiger partial charge on any atom is 0.226 e. The molecule has 4 bridgehead atoms. The van der Waals surface area contributed by atoms with E-state index in [9.17, 15) is 5.11 Å². The molecule has 51 heavy (non-hydrogen) atoms. The summed E-state index contributed by atoms with van der Waals surface area (Å²) >= 11 is 0. The monoisotopic (exact) mass is 684 g/mol. The number of aliphatic hydroxyl groups is 1. The summed E-state index contributed by atoms with van der Waals surface area (Å²) in [6.07, 6.45) is -1.24. The molecule has 262 valence electrons. The van der Waals surface area contributed by atoms with Crippen molar-refractivity contribution in [3.05, 3.63) is 172 Å². The van der Waals surface area contributed by atoms with Crippen LogP contribution in [0.1, 0.15) is 45.9 Å². The van der Waals surface area contributed by atoms with Crippen LogP contribution < -0.4 is 4.74 Å². The van der Waals surface area contributed by atoms with Crippen LogP contribution in [0.5, 0.6) is 5.75 Å². The molecule has 6 atom stereocenters. The van der Waals surface area contributed by atoms with E-state index in [4.69, 9.17) is 28.4 Å². The second-order valence-corrected chi connectivity index (χ2v) is 13.7. The first kappa shape index (κ1) is 33.8. The number of ether oxygens (including phenoxy) is 6. The smallest absolute Gasteiger partial charge is 0.226 e. The van der Waals surface area contributed by atoms with Crippen LogP contribution in [0.3, 0.4) is 0 Å². The normalized spacial score (nSPS) is 27.3. The quantitative estimate of drug-likeness (QED) is 0.123. The second-order valence-electron chi connectivity index (χ2n) is 13.7. The minimum Gasteiger partial charge on any atom is -0.494 e. The lowest BCUT2D eigenvalue weighted by Gasteiger charge is -2.52. The largest absolute Gasteiger partial charge is 0.494 e. The van der Waals surface area contributed by atoms with Gasteiger partial charge >= 0.3 is 0 Å². The van der Waals surface area contributed by atoms with Crippen molar-refractivity contribution in [1.29, 1.82) is 0 Å². The Labute approximate surface area is 299 Å². The fraction of sp³-hybridized carbons (Fsp3) is 0.318. The maximum absolute atomic E-state index is 11.2. The van der Waals surface area contributed by atoms with Gasteiger partial charge in [0.15, 0.2) is 11.2 Å². The lowest BCUT2D eigenvalue weighted by molar-refractivity contribution is -0.389. The molecule has 4 fully saturated rings. The predicted octanol–water partition coefficient (Wildman–Crippen LogP) is 7.44. The number of aliphatic hydroxyl groups excluding tert-OH is 1. The van der Waals surface area contributed by atoms with E-state index in [0.717, 1.165) is 44.7 Å². The van der Waals surface area contributed by atoms with E-state index < -0.39 is 35.3 Å². The van der Waals surface area contributed by atoms with Gasteiger partial charge in [0.2, 0.25) is 5.79 Å². The van der Waals surface area contributed by atoms with Crippen LogP contribution in [-0.2, 0) is 55.7 Å². The molecule has 4 aliphatic rings. The molecule has 3 aliphatic heterocycles. The Morgan fingerprint density at radius 2 is 1.25 bits per heavy atom. The molecule has 5 aromatic rings. The number of fused-ring (bicyclic) bond motifs is 1. The molecule has 0 aromatic heterocycles. The molecule has 9 rings (SSSR count). The summed E-state index contributed by atoms with van der Waals surface area (Å²) in [6.45, 7) is 5.37. The zero-order chi connectivity index (χ0) is 34.9. The lowest BCUT2D eigenvalue weighted by atomic mass is 9.84. The number of hydrogen-bond acceptors (Lipinski definition) is 7. The van der Waals surface area contributed by atoms with Gasteiger partial charge in [-0.05, 0) is 71.8 Å². The number of aryl methyl sites for hydroxylation is 1. The van der Waals surface area contributed by atoms with Crippen molar-refractivity contribution in [3.63, 3.8) is 0 Å². The van der Waals surface area contributed by atoms with E-state index in [0.29, 0.717) is 32.8 Å². The Kier molecular flexibility index (Phi) is 9.27. The topological polar surface area (TPSA) is 75.6 Å². The Hall–Kier alpha value is -4.34. The van der Waals surface area contributed by atoms with Crippen molar-refractivity contribution in [2.75, 3.05) is 13.2 Å². The molecule has 0 spiro atoms. The second kappa shape index (κ2) is 14.0. The number of rotatable bonds is 15. The van der Waals surface area contributed by atoms with Gasteiger partial charge in [0.05, 0.1) is 33.0 Å². The van der Waals surface area contributed by atoms with Crippen molar-refractivity contribution in [2.45, 2.75) is 75.4 Å². The number of hydrogen-bond donors (Lipinski definition) is 1. The summed E-state index contributed by atoms with van der Waals surface area (Å²) in [6, 6.07) is 44.7. The van der Waals surface area contributed by atoms with E-state index in [2.05, 4.69) is 37.3 Å². The maximum atomic E-state index is 11.2. The highest BCUT2D eigenvalue weighted by Gasteiger charge is 2.96. The van der Waals surface area contributed by atoms with Crippen molar-refractivity contribution >= 4 is 0 Å². The third-order valence-corrected chi connectivity index (χ3v) is 10.6. The molecular formula is C44H44O7. The van der Waals surface area contributed by atoms with Crippen molar-refractivity contribution in [1.82, 2.24) is 0 Å². The first-order valence-corrected chi connectivity index (χ1v) is 17.8. The van der Waals surface area contributed by atoms with Crippen LogP contribution >= 0.6 is 0 Å². The van der Waals surface area contributed by atoms with Crippen molar-refractivity contribution in [2.24, 2.45) is 0 Å². The van der Waals surface area contributed by atoms with Gasteiger partial charge < -0.3 is 33.5 Å². The van der Waals surface area contributed by atoms with Gasteiger partial charge in [-0.15, -0.1) is 0 Å². The van der Waals surface area contributed by atoms with Gasteiger partial charge in [-0.25, -0.2) is 0 Å². The van der Waals surface area contributed by atoms with Crippen LogP contribution in [0, 0.1) is 6.92 Å². The van der Waals surface area contributed by atoms with Crippen LogP contribution in [0.15, 0.2) is 133 Å². The molecule has 3 unspecified atom stereocenters. The molecule has 5 aromatic carbocycles. The third kappa shape index (κ3) is 5.98. The summed E-state index contributed by atoms with van der Waals surface area (Å²) in [7, 11) is 0. The summed E-state index contributed by atoms with van der Waals surface area (Å²) < 4.78 is 40.5. The fourth-order valence-electron chi connectivity index (χ4n) is 7.88. The molecule has 0 amide bonds. The first-order valence-electron chi connectivity index (χ1n) is 17.8. The molecular weight excluding hydrogens is 640 g/mol. The first-order chi connectivity index (χ1) is 25.0. The Morgan fingerprint density at radius 1 is 0.667 bits per heavy atom. The van der Waals surface area contributed by atoms with Crippen LogP contribution in [0.2, 0.25) is 0 Å². The average molecular weight is 685 g/mol. The van der Waals surface area contributed by atoms with Crippen molar-refractivity contribution in [3.8, 4) is 5.75 Å². The van der Waals surface area contributed by atoms with Gasteiger partial charge in [0.25, 0.3) is 0 Å². The summed E-state index contributed by atoms with van der Waals surface area (Å²) in [4.78, 5) is 0. The molecule has 1 saturated carbocycles. The van der Waals surface area contributed by atoms with E-state index in [1.54, 1.807) is 0 Å². The minimum atomic E-state index is -1.36. The van der Waals surface area contributed by atoms with E-state index in [1.165, 1.54) is 0 Å². The molecule has 7 nitrogen and oxygen atoms in total. The lowest BCUT2D eigenvalue weighted by Crippen LogP contribution is -2.67. The number of benzene rings is 5. The minimum absolute atomic E-state index is 0.296. The molecule has 3 saturated heterocycles. The highest BCUT2D eigenvalue weighted by Crippen LogP contribution is 2.73. The van der Waals surface area contributed by atoms with Crippen LogP contribution in [-0.4, -0.2) is 47.8 Å². The molecule has 3 heterocycles. The van der Waals surface area contributed by atoms with E-state index >= 15 is 0 Å². The average Bonchev–Trinajstić information content (AvgIpc) is 3.56. The Morgan fingerprint density at radius 3 is 1.82 bits per heavy atom. The predicted molar refractivity (Wildman–Crippen MR) is 193 cm³/mol. The third-order valence-electron chi connectivity index (χ3n) is 10.6. The van der Waals surface area contributed by atoms with Gasteiger partial charge in [-0.3, -0.25) is 0 Å². The SMILES string of the molecule is CCOc1ccc(Cc2cc(C34O[C@H]5C(CO)(O3)[C@]5(OCc3ccccc3)[C@H](OCc3ccccc3)C4OCc3ccccc3)ccc2C)cc1. The standard InChI is InChI=1S/C44H44O7/c1-3-46-38-23-20-32(21-24-38)25-36-26-37(22-19-31(36)2)44-40(48-28-34-15-9-5-10-16-34)39(47-27-33-13-7-4-8-14-33)43(41(50-44)42(43,30-45)51-44)49-29-35-17-11-6-12-18-35/h4-24,26,39-41,45H,3,25,27-30H2,1-2H3/t39-,40?,41+,42?,43+,44?/m1/s1. The summed E-state index contributed by atoms with van der Waals surface area (Å²) in [5.41, 5.74) is 5.06. The highest BCUT2D eigenvalue weighted by molar-refractivity contribution is 5.47. The van der Waals surface area contributed by atoms with Gasteiger partial charge in [-0.1, -0.05) is 115 Å². The molecule has 1 aliphatic carbocycles. The fourth-order valence-corrected chi connectivity index (χ4v) is 7.88.